The first-order valence-corrected chi connectivity index (χ1v) is 7.23. The molecule has 1 aromatic heterocycles. The average molecular weight is 308 g/mol. The zero-order valence-corrected chi connectivity index (χ0v) is 12.7. The normalized spacial score (nSPS) is 18.5. The van der Waals surface area contributed by atoms with Crippen LogP contribution < -0.4 is 5.56 Å². The molecule has 22 heavy (non-hydrogen) atoms. The maximum absolute atomic E-state index is 12.6. The molecule has 2 N–H and O–H groups in total. The number of aromatic nitrogens is 1. The second-order valence-corrected chi connectivity index (χ2v) is 5.78. The predicted molar refractivity (Wildman–Crippen MR) is 78.9 cm³/mol. The number of nitrogens with one attached hydrogen (secondary N) is 1. The predicted octanol–water partition coefficient (Wildman–Crippen LogP) is 0.499. The third-order valence-corrected chi connectivity index (χ3v) is 3.45. The van der Waals surface area contributed by atoms with Gasteiger partial charge in [-0.3, -0.25) is 9.59 Å². The van der Waals surface area contributed by atoms with Gasteiger partial charge < -0.3 is 19.7 Å². The second kappa shape index (κ2) is 6.74. The summed E-state index contributed by atoms with van der Waals surface area (Å²) in [5.41, 5.74) is 0.528. The molecule has 1 atom stereocenters. The van der Waals surface area contributed by atoms with E-state index in [9.17, 15) is 19.5 Å². The number of amides is 1. The lowest BCUT2D eigenvalue weighted by Gasteiger charge is -2.32. The van der Waals surface area contributed by atoms with Crippen molar-refractivity contribution in [3.05, 3.63) is 33.7 Å². The fraction of sp³-hybridized carbons (Fsp3) is 0.533. The molecule has 1 aliphatic rings. The van der Waals surface area contributed by atoms with E-state index in [0.29, 0.717) is 18.0 Å². The molecule has 2 rings (SSSR count). The zero-order chi connectivity index (χ0) is 16.3. The summed E-state index contributed by atoms with van der Waals surface area (Å²) < 4.78 is 5.12. The van der Waals surface area contributed by atoms with Crippen molar-refractivity contribution in [3.8, 4) is 0 Å². The Hall–Kier alpha value is -2.15. The summed E-state index contributed by atoms with van der Waals surface area (Å²) in [4.78, 5) is 39.5. The van der Waals surface area contributed by atoms with Crippen molar-refractivity contribution in [2.24, 2.45) is 5.92 Å². The fourth-order valence-corrected chi connectivity index (χ4v) is 2.49. The van der Waals surface area contributed by atoms with Gasteiger partial charge in [-0.2, -0.15) is 0 Å². The number of carboxylic acids is 1. The van der Waals surface area contributed by atoms with E-state index in [1.54, 1.807) is 6.07 Å². The van der Waals surface area contributed by atoms with E-state index in [4.69, 9.17) is 4.74 Å². The van der Waals surface area contributed by atoms with E-state index in [0.717, 1.165) is 0 Å². The van der Waals surface area contributed by atoms with Crippen molar-refractivity contribution in [1.29, 1.82) is 0 Å². The maximum Gasteiger partial charge on any atom is 0.328 e. The van der Waals surface area contributed by atoms with Crippen molar-refractivity contribution in [1.82, 2.24) is 9.88 Å². The number of pyridine rings is 1. The van der Waals surface area contributed by atoms with Gasteiger partial charge in [0.2, 0.25) is 5.56 Å². The Labute approximate surface area is 127 Å². The number of carboxylic acid groups (broad SMARTS) is 1. The Morgan fingerprint density at radius 1 is 1.45 bits per heavy atom. The standard InChI is InChI=1S/C15H20N2O5/c1-9(2)5-11-6-10(7-13(18)16-11)14(19)17-3-4-22-8-12(17)15(20)21/h6-7,9,12H,3-5,8H2,1-2H3,(H,16,18)(H,20,21). The van der Waals surface area contributed by atoms with Gasteiger partial charge >= 0.3 is 5.97 Å². The van der Waals surface area contributed by atoms with Gasteiger partial charge in [0, 0.05) is 23.9 Å². The highest BCUT2D eigenvalue weighted by Crippen LogP contribution is 2.14. The van der Waals surface area contributed by atoms with E-state index in [2.05, 4.69) is 4.98 Å². The van der Waals surface area contributed by atoms with Gasteiger partial charge in [0.15, 0.2) is 6.04 Å². The van der Waals surface area contributed by atoms with Crippen LogP contribution in [-0.2, 0) is 16.0 Å². The molecule has 120 valence electrons. The van der Waals surface area contributed by atoms with Gasteiger partial charge in [-0.25, -0.2) is 4.79 Å². The number of hydrogen-bond acceptors (Lipinski definition) is 4. The Morgan fingerprint density at radius 2 is 2.18 bits per heavy atom. The van der Waals surface area contributed by atoms with Gasteiger partial charge in [0.05, 0.1) is 13.2 Å². The van der Waals surface area contributed by atoms with Crippen LogP contribution >= 0.6 is 0 Å². The van der Waals surface area contributed by atoms with Crippen LogP contribution in [0.4, 0.5) is 0 Å². The van der Waals surface area contributed by atoms with Crippen LogP contribution in [0, 0.1) is 5.92 Å². The molecule has 0 saturated carbocycles. The summed E-state index contributed by atoms with van der Waals surface area (Å²) in [5.74, 6) is -1.23. The summed E-state index contributed by atoms with van der Waals surface area (Å²) in [6.07, 6.45) is 0.641. The largest absolute Gasteiger partial charge is 0.480 e. The molecule has 0 spiro atoms. The minimum Gasteiger partial charge on any atom is -0.480 e. The number of aliphatic carboxylic acids is 1. The third kappa shape index (κ3) is 3.73. The van der Waals surface area contributed by atoms with Crippen molar-refractivity contribution < 1.29 is 19.4 Å². The lowest BCUT2D eigenvalue weighted by molar-refractivity contribution is -0.147. The highest BCUT2D eigenvalue weighted by atomic mass is 16.5. The summed E-state index contributed by atoms with van der Waals surface area (Å²) in [7, 11) is 0. The Bertz CT molecular complexity index is 623. The smallest absolute Gasteiger partial charge is 0.328 e. The van der Waals surface area contributed by atoms with Crippen LogP contribution in [0.3, 0.4) is 0 Å². The number of morpholine rings is 1. The van der Waals surface area contributed by atoms with Crippen molar-refractivity contribution in [2.75, 3.05) is 19.8 Å². The van der Waals surface area contributed by atoms with Gasteiger partial charge in [-0.15, -0.1) is 0 Å². The van der Waals surface area contributed by atoms with E-state index < -0.39 is 17.9 Å². The molecular weight excluding hydrogens is 288 g/mol. The van der Waals surface area contributed by atoms with Crippen LogP contribution in [0.2, 0.25) is 0 Å². The van der Waals surface area contributed by atoms with E-state index in [1.807, 2.05) is 13.8 Å². The highest BCUT2D eigenvalue weighted by Gasteiger charge is 2.33. The minimum absolute atomic E-state index is 0.0386. The van der Waals surface area contributed by atoms with E-state index in [1.165, 1.54) is 11.0 Å². The molecule has 0 radical (unpaired) electrons. The van der Waals surface area contributed by atoms with Crippen molar-refractivity contribution in [2.45, 2.75) is 26.3 Å². The molecule has 7 heteroatoms. The molecule has 0 bridgehead atoms. The first-order chi connectivity index (χ1) is 10.4. The lowest BCUT2D eigenvalue weighted by atomic mass is 10.1. The van der Waals surface area contributed by atoms with Crippen LogP contribution in [-0.4, -0.2) is 52.7 Å². The van der Waals surface area contributed by atoms with Crippen molar-refractivity contribution >= 4 is 11.9 Å². The van der Waals surface area contributed by atoms with Gasteiger partial charge in [-0.1, -0.05) is 13.8 Å². The van der Waals surface area contributed by atoms with E-state index >= 15 is 0 Å². The lowest BCUT2D eigenvalue weighted by Crippen LogP contribution is -2.52. The van der Waals surface area contributed by atoms with Crippen LogP contribution in [0.5, 0.6) is 0 Å². The molecule has 2 heterocycles. The molecule has 7 nitrogen and oxygen atoms in total. The number of ether oxygens (including phenoxy) is 1. The first-order valence-electron chi connectivity index (χ1n) is 7.23. The minimum atomic E-state index is -1.11. The van der Waals surface area contributed by atoms with Gasteiger partial charge in [-0.05, 0) is 18.4 Å². The van der Waals surface area contributed by atoms with Crippen LogP contribution in [0.25, 0.3) is 0 Å². The Kier molecular flexibility index (Phi) is 4.97. The number of carbonyl (C=O) groups is 2. The molecule has 1 saturated heterocycles. The first kappa shape index (κ1) is 16.2. The molecule has 1 aromatic rings. The number of hydrogen-bond donors (Lipinski definition) is 2. The molecule has 1 fully saturated rings. The number of carbonyl (C=O) groups excluding carboxylic acids is 1. The summed E-state index contributed by atoms with van der Waals surface area (Å²) in [6, 6.07) is 1.81. The van der Waals surface area contributed by atoms with Crippen LogP contribution in [0.15, 0.2) is 16.9 Å². The average Bonchev–Trinajstić information content (AvgIpc) is 2.45. The topological polar surface area (TPSA) is 99.7 Å². The van der Waals surface area contributed by atoms with Gasteiger partial charge in [0.25, 0.3) is 5.91 Å². The molecule has 1 aliphatic heterocycles. The Morgan fingerprint density at radius 3 is 2.82 bits per heavy atom. The van der Waals surface area contributed by atoms with Crippen molar-refractivity contribution in [3.63, 3.8) is 0 Å². The number of H-pyrrole nitrogens is 1. The molecular formula is C15H20N2O5. The summed E-state index contributed by atoms with van der Waals surface area (Å²) >= 11 is 0. The van der Waals surface area contributed by atoms with Crippen LogP contribution in [0.1, 0.15) is 29.9 Å². The molecule has 1 unspecified atom stereocenters. The maximum atomic E-state index is 12.6. The third-order valence-electron chi connectivity index (χ3n) is 3.45. The molecule has 0 aromatic carbocycles. The summed E-state index contributed by atoms with van der Waals surface area (Å²) in [6.45, 7) is 4.47. The highest BCUT2D eigenvalue weighted by molar-refractivity contribution is 5.96. The monoisotopic (exact) mass is 308 g/mol. The number of aromatic amines is 1. The summed E-state index contributed by atoms with van der Waals surface area (Å²) in [5, 5.41) is 9.19. The molecule has 0 aliphatic carbocycles. The fourth-order valence-electron chi connectivity index (χ4n) is 2.49. The van der Waals surface area contributed by atoms with E-state index in [-0.39, 0.29) is 30.9 Å². The zero-order valence-electron chi connectivity index (χ0n) is 12.7. The Balaban J connectivity index is 2.29. The molecule has 1 amide bonds. The quantitative estimate of drug-likeness (QED) is 0.843. The SMILES string of the molecule is CC(C)Cc1cc(C(=O)N2CCOCC2C(=O)O)cc(=O)[nH]1. The number of rotatable bonds is 4. The number of nitrogens with zero attached hydrogens (tertiary/aromatic N) is 1. The van der Waals surface area contributed by atoms with Gasteiger partial charge in [0.1, 0.15) is 0 Å². The second-order valence-electron chi connectivity index (χ2n) is 5.78.